The summed E-state index contributed by atoms with van der Waals surface area (Å²) in [6, 6.07) is 6.81. The second-order valence-corrected chi connectivity index (χ2v) is 4.94. The smallest absolute Gasteiger partial charge is 0.341 e. The van der Waals surface area contributed by atoms with Gasteiger partial charge in [-0.1, -0.05) is 21.2 Å². The van der Waals surface area contributed by atoms with Gasteiger partial charge >= 0.3 is 10.2 Å². The number of benzene rings is 1. The molecule has 104 valence electrons. The van der Waals surface area contributed by atoms with Crippen molar-refractivity contribution in [3.05, 3.63) is 51.7 Å². The van der Waals surface area contributed by atoms with Gasteiger partial charge in [-0.05, 0) is 18.2 Å². The Hall–Kier alpha value is -2.55. The first-order chi connectivity index (χ1) is 9.38. The molecule has 1 aromatic heterocycles. The lowest BCUT2D eigenvalue weighted by atomic mass is 10.1. The summed E-state index contributed by atoms with van der Waals surface area (Å²) in [5, 5.41) is 13.2. The highest BCUT2D eigenvalue weighted by molar-refractivity contribution is 7.86. The van der Waals surface area contributed by atoms with Crippen LogP contribution >= 0.6 is 0 Å². The molecule has 0 amide bonds. The minimum Gasteiger partial charge on any atom is -0.341 e. The van der Waals surface area contributed by atoms with E-state index >= 15 is 0 Å². The highest BCUT2D eigenvalue weighted by Gasteiger charge is 2.18. The molecule has 0 spiro atoms. The third kappa shape index (κ3) is 3.06. The summed E-state index contributed by atoms with van der Waals surface area (Å²) in [6.45, 7) is 0. The van der Waals surface area contributed by atoms with Crippen molar-refractivity contribution in [2.45, 2.75) is 5.09 Å². The molecule has 2 aromatic rings. The van der Waals surface area contributed by atoms with Crippen LogP contribution in [0.25, 0.3) is 12.2 Å². The molecule has 0 fully saturated rings. The molecule has 0 aliphatic rings. The van der Waals surface area contributed by atoms with Crippen molar-refractivity contribution in [3.63, 3.8) is 0 Å². The van der Waals surface area contributed by atoms with Crippen molar-refractivity contribution in [1.82, 2.24) is 5.16 Å². The third-order valence-corrected chi connectivity index (χ3v) is 2.99. The molecule has 9 heteroatoms. The monoisotopic (exact) mass is 298 g/mol. The third-order valence-electron chi connectivity index (χ3n) is 2.31. The zero-order valence-electron chi connectivity index (χ0n) is 9.76. The fraction of sp³-hybridized carbons (Fsp3) is 0. The number of halogens is 1. The van der Waals surface area contributed by atoms with E-state index in [0.717, 1.165) is 6.07 Å². The summed E-state index contributed by atoms with van der Waals surface area (Å²) in [7, 11) is -4.96. The van der Waals surface area contributed by atoms with E-state index in [0.29, 0.717) is 5.56 Å². The fourth-order valence-corrected chi connectivity index (χ4v) is 1.82. The Morgan fingerprint density at radius 1 is 1.30 bits per heavy atom. The van der Waals surface area contributed by atoms with Gasteiger partial charge in [-0.25, -0.2) is 0 Å². The second-order valence-electron chi connectivity index (χ2n) is 3.66. The lowest BCUT2D eigenvalue weighted by molar-refractivity contribution is -0.385. The van der Waals surface area contributed by atoms with Crippen molar-refractivity contribution >= 4 is 28.1 Å². The van der Waals surface area contributed by atoms with Gasteiger partial charge in [-0.15, -0.1) is 0 Å². The molecule has 0 aliphatic carbocycles. The fourth-order valence-electron chi connectivity index (χ4n) is 1.43. The van der Waals surface area contributed by atoms with Crippen LogP contribution in [0.1, 0.15) is 11.3 Å². The number of hydrogen-bond donors (Lipinski definition) is 0. The topological polar surface area (TPSA) is 103 Å². The molecule has 0 saturated heterocycles. The maximum Gasteiger partial charge on any atom is 0.368 e. The summed E-state index contributed by atoms with van der Waals surface area (Å²) in [6.07, 6.45) is 2.63. The predicted molar refractivity (Wildman–Crippen MR) is 66.8 cm³/mol. The first kappa shape index (κ1) is 13.9. The molecule has 7 nitrogen and oxygen atoms in total. The standard InChI is InChI=1S/C11H7FN2O5S/c12-20(17,18)11-7-9(13-19-11)6-5-8-3-1-2-4-10(8)14(15)16/h1-7H/b6-5+. The second kappa shape index (κ2) is 5.21. The quantitative estimate of drug-likeness (QED) is 0.487. The molecule has 0 unspecified atom stereocenters. The summed E-state index contributed by atoms with van der Waals surface area (Å²) in [4.78, 5) is 10.2. The molecule has 0 radical (unpaired) electrons. The molecule has 1 aromatic carbocycles. The number of nitro groups is 1. The molecular weight excluding hydrogens is 291 g/mol. The van der Waals surface area contributed by atoms with Gasteiger partial charge in [0.25, 0.3) is 10.8 Å². The maximum absolute atomic E-state index is 12.6. The van der Waals surface area contributed by atoms with Crippen LogP contribution in [0.15, 0.2) is 39.9 Å². The van der Waals surface area contributed by atoms with Crippen molar-refractivity contribution in [1.29, 1.82) is 0 Å². The minimum atomic E-state index is -4.96. The minimum absolute atomic E-state index is 0.0272. The highest BCUT2D eigenvalue weighted by Crippen LogP contribution is 2.21. The average Bonchev–Trinajstić information content (AvgIpc) is 2.85. The van der Waals surface area contributed by atoms with E-state index in [9.17, 15) is 22.4 Å². The molecule has 0 bridgehead atoms. The Kier molecular flexibility index (Phi) is 3.61. The lowest BCUT2D eigenvalue weighted by Crippen LogP contribution is -1.90. The van der Waals surface area contributed by atoms with Gasteiger partial charge in [0.05, 0.1) is 10.5 Å². The normalized spacial score (nSPS) is 11.8. The van der Waals surface area contributed by atoms with E-state index in [2.05, 4.69) is 9.68 Å². The van der Waals surface area contributed by atoms with Gasteiger partial charge in [0, 0.05) is 12.1 Å². The molecule has 0 saturated carbocycles. The zero-order chi connectivity index (χ0) is 14.8. The predicted octanol–water partition coefficient (Wildman–Crippen LogP) is 2.41. The molecule has 1 heterocycles. The van der Waals surface area contributed by atoms with Gasteiger partial charge < -0.3 is 4.52 Å². The van der Waals surface area contributed by atoms with E-state index in [1.807, 2.05) is 0 Å². The SMILES string of the molecule is O=[N+]([O-])c1ccccc1/C=C/c1cc(S(=O)(=O)F)on1. The summed E-state index contributed by atoms with van der Waals surface area (Å²) in [5.41, 5.74) is 0.204. The van der Waals surface area contributed by atoms with E-state index in [1.165, 1.54) is 30.4 Å². The van der Waals surface area contributed by atoms with Crippen LogP contribution < -0.4 is 0 Å². The first-order valence-electron chi connectivity index (χ1n) is 5.21. The van der Waals surface area contributed by atoms with Crippen LogP contribution in [-0.4, -0.2) is 18.5 Å². The molecule has 0 N–H and O–H groups in total. The molecule has 2 rings (SSSR count). The Labute approximate surface area is 112 Å². The number of rotatable bonds is 4. The van der Waals surface area contributed by atoms with Gasteiger partial charge in [-0.3, -0.25) is 10.1 Å². The summed E-state index contributed by atoms with van der Waals surface area (Å²) in [5.74, 6) is 0. The van der Waals surface area contributed by atoms with Crippen molar-refractivity contribution in [2.24, 2.45) is 0 Å². The van der Waals surface area contributed by atoms with Crippen LogP contribution in [0.4, 0.5) is 9.57 Å². The van der Waals surface area contributed by atoms with Crippen LogP contribution in [0.5, 0.6) is 0 Å². The van der Waals surface area contributed by atoms with E-state index in [1.54, 1.807) is 6.07 Å². The van der Waals surface area contributed by atoms with Crippen molar-refractivity contribution in [3.8, 4) is 0 Å². The molecule has 20 heavy (non-hydrogen) atoms. The first-order valence-corrected chi connectivity index (χ1v) is 6.59. The number of nitrogens with zero attached hydrogens (tertiary/aromatic N) is 2. The molecular formula is C11H7FN2O5S. The van der Waals surface area contributed by atoms with Crippen LogP contribution in [-0.2, 0) is 10.2 Å². The van der Waals surface area contributed by atoms with Gasteiger partial charge in [0.2, 0.25) is 0 Å². The van der Waals surface area contributed by atoms with Gasteiger partial charge in [0.15, 0.2) is 0 Å². The zero-order valence-corrected chi connectivity index (χ0v) is 10.6. The Balaban J connectivity index is 2.31. The Morgan fingerprint density at radius 2 is 2.00 bits per heavy atom. The van der Waals surface area contributed by atoms with Gasteiger partial charge in [0.1, 0.15) is 5.69 Å². The number of aromatic nitrogens is 1. The average molecular weight is 298 g/mol. The number of hydrogen-bond acceptors (Lipinski definition) is 6. The Bertz CT molecular complexity index is 782. The van der Waals surface area contributed by atoms with E-state index in [-0.39, 0.29) is 11.4 Å². The highest BCUT2D eigenvalue weighted by atomic mass is 32.3. The van der Waals surface area contributed by atoms with Crippen LogP contribution in [0.2, 0.25) is 0 Å². The summed E-state index contributed by atoms with van der Waals surface area (Å²) >= 11 is 0. The van der Waals surface area contributed by atoms with E-state index < -0.39 is 20.2 Å². The molecule has 0 aliphatic heterocycles. The van der Waals surface area contributed by atoms with E-state index in [4.69, 9.17) is 0 Å². The Morgan fingerprint density at radius 3 is 2.60 bits per heavy atom. The van der Waals surface area contributed by atoms with Crippen molar-refractivity contribution in [2.75, 3.05) is 0 Å². The maximum atomic E-state index is 12.6. The number of nitro benzene ring substituents is 1. The lowest BCUT2D eigenvalue weighted by Gasteiger charge is -1.95. The van der Waals surface area contributed by atoms with Crippen LogP contribution in [0.3, 0.4) is 0 Å². The van der Waals surface area contributed by atoms with Crippen LogP contribution in [0, 0.1) is 10.1 Å². The number of para-hydroxylation sites is 1. The largest absolute Gasteiger partial charge is 0.368 e. The summed E-state index contributed by atoms with van der Waals surface area (Å²) < 4.78 is 38.0. The van der Waals surface area contributed by atoms with Gasteiger partial charge in [-0.2, -0.15) is 8.42 Å². The molecule has 0 atom stereocenters. The van der Waals surface area contributed by atoms with Crippen molar-refractivity contribution < 1.29 is 21.7 Å².